The maximum absolute atomic E-state index is 5.02. The van der Waals surface area contributed by atoms with Gasteiger partial charge in [-0.3, -0.25) is 4.90 Å². The topological polar surface area (TPSA) is 127 Å². The van der Waals surface area contributed by atoms with Crippen molar-refractivity contribution in [2.75, 3.05) is 0 Å². The lowest BCUT2D eigenvalue weighted by molar-refractivity contribution is 0.515. The highest BCUT2D eigenvalue weighted by atomic mass is 16.0. The Morgan fingerprint density at radius 1 is 0.650 bits per heavy atom. The zero-order valence-corrected chi connectivity index (χ0v) is 20.7. The van der Waals surface area contributed by atoms with Crippen molar-refractivity contribution in [2.24, 2.45) is 25.2 Å². The molecule has 5 aromatic rings. The summed E-state index contributed by atoms with van der Waals surface area (Å²) in [7, 11) is 0. The SMILES string of the molecule is C1=CC2=C3N=c4[nH]c(c5ccccc45)=NC4=NC(=Nn5[nH]n(n6ccccn56)N=C(N3)N2C=C1)c1ccccc14. The van der Waals surface area contributed by atoms with E-state index in [1.165, 1.54) is 0 Å². The van der Waals surface area contributed by atoms with E-state index in [1.807, 2.05) is 102 Å². The van der Waals surface area contributed by atoms with Crippen LogP contribution in [0.4, 0.5) is 0 Å². The summed E-state index contributed by atoms with van der Waals surface area (Å²) in [6, 6.07) is 19.8. The smallest absolute Gasteiger partial charge is 0.235 e. The Hall–Kier alpha value is -6.11. The molecule has 0 fully saturated rings. The molecule has 0 radical (unpaired) electrons. The number of fused-ring (bicyclic) bond motifs is 18. The predicted molar refractivity (Wildman–Crippen MR) is 147 cm³/mol. The van der Waals surface area contributed by atoms with E-state index in [0.29, 0.717) is 34.4 Å². The van der Waals surface area contributed by atoms with E-state index in [-0.39, 0.29) is 0 Å². The molecule has 0 saturated carbocycles. The summed E-state index contributed by atoms with van der Waals surface area (Å²) in [6.45, 7) is 0. The third-order valence-corrected chi connectivity index (χ3v) is 7.00. The van der Waals surface area contributed by atoms with Crippen LogP contribution in [0.1, 0.15) is 11.1 Å². The first-order chi connectivity index (χ1) is 19.8. The molecule has 2 aromatic carbocycles. The first kappa shape index (κ1) is 20.9. The minimum Gasteiger partial charge on any atom is -0.324 e. The van der Waals surface area contributed by atoms with Gasteiger partial charge in [0.15, 0.2) is 17.5 Å². The summed E-state index contributed by atoms with van der Waals surface area (Å²) in [5, 5.41) is 18.2. The summed E-state index contributed by atoms with van der Waals surface area (Å²) in [5.41, 5.74) is 3.99. The number of aromatic amines is 2. The molecule has 0 atom stereocenters. The number of nitrogens with one attached hydrogen (secondary N) is 3. The second kappa shape index (κ2) is 7.70. The fourth-order valence-corrected chi connectivity index (χ4v) is 5.18. The predicted octanol–water partition coefficient (Wildman–Crippen LogP) is 1.78. The summed E-state index contributed by atoms with van der Waals surface area (Å²) in [4.78, 5) is 23.4. The second-order valence-electron chi connectivity index (χ2n) is 9.35. The maximum Gasteiger partial charge on any atom is 0.235 e. The van der Waals surface area contributed by atoms with Crippen LogP contribution < -0.4 is 16.3 Å². The molecular formula is C27H19N13. The van der Waals surface area contributed by atoms with Crippen molar-refractivity contribution in [1.29, 1.82) is 0 Å². The number of benzene rings is 2. The highest BCUT2D eigenvalue weighted by Gasteiger charge is 2.28. The average Bonchev–Trinajstić information content (AvgIpc) is 3.73. The van der Waals surface area contributed by atoms with E-state index in [1.54, 1.807) is 19.1 Å². The van der Waals surface area contributed by atoms with Crippen molar-refractivity contribution < 1.29 is 0 Å². The lowest BCUT2D eigenvalue weighted by Gasteiger charge is -2.16. The van der Waals surface area contributed by atoms with Crippen molar-refractivity contribution in [2.45, 2.75) is 0 Å². The van der Waals surface area contributed by atoms with Crippen LogP contribution in [0.3, 0.4) is 0 Å². The molecule has 0 unspecified atom stereocenters. The van der Waals surface area contributed by atoms with E-state index in [4.69, 9.17) is 25.2 Å². The van der Waals surface area contributed by atoms with Crippen molar-refractivity contribution >= 4 is 28.4 Å². The summed E-state index contributed by atoms with van der Waals surface area (Å²) in [6.07, 6.45) is 11.6. The molecule has 0 saturated heterocycles. The summed E-state index contributed by atoms with van der Waals surface area (Å²) < 4.78 is 3.54. The quantitative estimate of drug-likeness (QED) is 0.285. The number of hydrogen-bond acceptors (Lipinski definition) is 7. The number of amidine groups is 2. The first-order valence-corrected chi connectivity index (χ1v) is 12.7. The van der Waals surface area contributed by atoms with E-state index in [9.17, 15) is 0 Å². The van der Waals surface area contributed by atoms with Gasteiger partial charge in [0.25, 0.3) is 0 Å². The van der Waals surface area contributed by atoms with Gasteiger partial charge in [-0.1, -0.05) is 69.5 Å². The molecule has 13 nitrogen and oxygen atoms in total. The molecule has 0 aliphatic carbocycles. The Labute approximate surface area is 224 Å². The van der Waals surface area contributed by atoms with Gasteiger partial charge in [0.2, 0.25) is 5.96 Å². The number of aromatic nitrogens is 6. The molecule has 8 bridgehead atoms. The van der Waals surface area contributed by atoms with Gasteiger partial charge in [0, 0.05) is 28.1 Å². The van der Waals surface area contributed by atoms with Gasteiger partial charge < -0.3 is 10.3 Å². The van der Waals surface area contributed by atoms with Gasteiger partial charge in [-0.25, -0.2) is 15.0 Å². The van der Waals surface area contributed by atoms with Gasteiger partial charge in [0.05, 0.1) is 18.1 Å². The monoisotopic (exact) mass is 525 g/mol. The van der Waals surface area contributed by atoms with Crippen LogP contribution in [0.25, 0.3) is 10.8 Å². The number of H-pyrrole nitrogens is 2. The van der Waals surface area contributed by atoms with Crippen LogP contribution in [-0.4, -0.2) is 51.8 Å². The molecule has 3 aromatic heterocycles. The van der Waals surface area contributed by atoms with Crippen LogP contribution in [-0.2, 0) is 0 Å². The maximum atomic E-state index is 5.02. The van der Waals surface area contributed by atoms with Crippen LogP contribution in [0.5, 0.6) is 0 Å². The second-order valence-corrected chi connectivity index (χ2v) is 9.35. The minimum atomic E-state index is 0.515. The van der Waals surface area contributed by atoms with E-state index in [0.717, 1.165) is 27.6 Å². The molecule has 192 valence electrons. The molecular weight excluding hydrogens is 506 g/mol. The molecule has 0 amide bonds. The lowest BCUT2D eigenvalue weighted by atomic mass is 10.1. The Morgan fingerprint density at radius 3 is 2.15 bits per heavy atom. The number of hydrogen-bond donors (Lipinski definition) is 3. The van der Waals surface area contributed by atoms with Gasteiger partial charge in [-0.05, 0) is 24.3 Å². The highest BCUT2D eigenvalue weighted by molar-refractivity contribution is 6.22. The Balaban J connectivity index is 1.41. The van der Waals surface area contributed by atoms with Crippen LogP contribution in [0.2, 0.25) is 0 Å². The number of nitrogens with zero attached hydrogens (tertiary/aromatic N) is 10. The zero-order chi connectivity index (χ0) is 26.2. The van der Waals surface area contributed by atoms with Gasteiger partial charge in [-0.15, -0.1) is 14.4 Å². The third kappa shape index (κ3) is 2.93. The van der Waals surface area contributed by atoms with Crippen LogP contribution >= 0.6 is 0 Å². The van der Waals surface area contributed by atoms with E-state index < -0.39 is 0 Å². The number of allylic oxidation sites excluding steroid dienone is 3. The summed E-state index contributed by atoms with van der Waals surface area (Å²) in [5.74, 6) is 2.28. The Bertz CT molecular complexity index is 2260. The molecule has 13 heteroatoms. The normalized spacial score (nSPS) is 16.7. The standard InChI is InChI=1S/C27H19N13/c1-2-10-18-17(9-1)22-28-23-19-11-3-4-12-20(19)25(30-23)33-39-35-40(38-16-8-7-15-37(38)39)34-27-32-26(31-24(18)29-22)21-13-5-6-14-36(21)27/h1-16,35H,(H,32,34)(H,28,29,30,31,33). The molecule has 4 aliphatic rings. The molecule has 3 N–H and O–H groups in total. The fourth-order valence-electron chi connectivity index (χ4n) is 5.18. The first-order valence-electron chi connectivity index (χ1n) is 12.7. The van der Waals surface area contributed by atoms with Gasteiger partial charge in [0.1, 0.15) is 11.0 Å². The molecule has 40 heavy (non-hydrogen) atoms. The molecule has 9 rings (SSSR count). The lowest BCUT2D eigenvalue weighted by Crippen LogP contribution is -2.30. The van der Waals surface area contributed by atoms with Crippen LogP contribution in [0, 0.1) is 0 Å². The minimum absolute atomic E-state index is 0.515. The molecule has 0 spiro atoms. The third-order valence-electron chi connectivity index (χ3n) is 7.00. The van der Waals surface area contributed by atoms with Crippen molar-refractivity contribution in [3.05, 3.63) is 131 Å². The van der Waals surface area contributed by atoms with Crippen molar-refractivity contribution in [3.8, 4) is 0 Å². The molecule has 7 heterocycles. The fraction of sp³-hybridized carbons (Fsp3) is 0. The molecule has 4 aliphatic heterocycles. The van der Waals surface area contributed by atoms with Crippen LogP contribution in [0.15, 0.2) is 134 Å². The van der Waals surface area contributed by atoms with Crippen molar-refractivity contribution in [3.63, 3.8) is 0 Å². The number of guanidine groups is 1. The zero-order valence-electron chi connectivity index (χ0n) is 20.7. The van der Waals surface area contributed by atoms with E-state index >= 15 is 0 Å². The summed E-state index contributed by atoms with van der Waals surface area (Å²) >= 11 is 0. The number of aliphatic imine (C=N–C) groups is 1. The largest absolute Gasteiger partial charge is 0.324 e. The highest BCUT2D eigenvalue weighted by Crippen LogP contribution is 2.23. The Kier molecular flexibility index (Phi) is 4.02. The number of rotatable bonds is 0. The van der Waals surface area contributed by atoms with Gasteiger partial charge in [-0.2, -0.15) is 5.21 Å². The van der Waals surface area contributed by atoms with E-state index in [2.05, 4.69) is 15.5 Å². The Morgan fingerprint density at radius 2 is 1.35 bits per heavy atom. The van der Waals surface area contributed by atoms with Crippen molar-refractivity contribution in [1.82, 2.24) is 39.5 Å². The van der Waals surface area contributed by atoms with Gasteiger partial charge >= 0.3 is 0 Å². The average molecular weight is 526 g/mol.